The van der Waals surface area contributed by atoms with E-state index >= 15 is 0 Å². The Labute approximate surface area is 93.9 Å². The van der Waals surface area contributed by atoms with Gasteiger partial charge < -0.3 is 9.57 Å². The zero-order valence-corrected chi connectivity index (χ0v) is 9.32. The number of ether oxygens (including phenoxy) is 1. The molecule has 1 heterocycles. The Hall–Kier alpha value is -1.84. The van der Waals surface area contributed by atoms with Crippen molar-refractivity contribution in [1.82, 2.24) is 0 Å². The van der Waals surface area contributed by atoms with Gasteiger partial charge in [-0.05, 0) is 36.2 Å². The second-order valence-electron chi connectivity index (χ2n) is 3.68. The first-order valence-corrected chi connectivity index (χ1v) is 5.15. The molecule has 0 unspecified atom stereocenters. The highest BCUT2D eigenvalue weighted by molar-refractivity contribution is 5.99. The molecule has 1 aliphatic rings. The maximum atomic E-state index is 10.6. The van der Waals surface area contributed by atoms with Crippen LogP contribution in [-0.2, 0) is 16.1 Å². The molecule has 0 aromatic heterocycles. The van der Waals surface area contributed by atoms with E-state index in [1.54, 1.807) is 6.92 Å². The van der Waals surface area contributed by atoms with Gasteiger partial charge in [-0.3, -0.25) is 0 Å². The van der Waals surface area contributed by atoms with Crippen LogP contribution in [0.4, 0.5) is 0 Å². The highest BCUT2D eigenvalue weighted by Crippen LogP contribution is 2.26. The minimum Gasteiger partial charge on any atom is -0.493 e. The van der Waals surface area contributed by atoms with Crippen molar-refractivity contribution in [2.24, 2.45) is 5.16 Å². The van der Waals surface area contributed by atoms with Crippen LogP contribution in [0.15, 0.2) is 23.4 Å². The lowest BCUT2D eigenvalue weighted by molar-refractivity contribution is -0.140. The highest BCUT2D eigenvalue weighted by atomic mass is 16.7. The SMILES string of the molecule is CC(=O)ON=C(C)c1ccc2c(c1)CCO2. The topological polar surface area (TPSA) is 47.9 Å². The normalized spacial score (nSPS) is 14.2. The Bertz CT molecular complexity index is 452. The predicted molar refractivity (Wildman–Crippen MR) is 59.6 cm³/mol. The fourth-order valence-electron chi connectivity index (χ4n) is 1.60. The van der Waals surface area contributed by atoms with Gasteiger partial charge in [0.15, 0.2) is 0 Å². The van der Waals surface area contributed by atoms with E-state index < -0.39 is 5.97 Å². The Morgan fingerprint density at radius 1 is 1.44 bits per heavy atom. The van der Waals surface area contributed by atoms with Gasteiger partial charge in [-0.25, -0.2) is 4.79 Å². The Kier molecular flexibility index (Phi) is 2.90. The molecule has 0 saturated carbocycles. The number of hydrogen-bond donors (Lipinski definition) is 0. The van der Waals surface area contributed by atoms with Crippen LogP contribution in [-0.4, -0.2) is 18.3 Å². The van der Waals surface area contributed by atoms with Crippen LogP contribution in [0.25, 0.3) is 0 Å². The van der Waals surface area contributed by atoms with Gasteiger partial charge >= 0.3 is 5.97 Å². The molecule has 0 spiro atoms. The molecule has 1 aliphatic heterocycles. The maximum Gasteiger partial charge on any atom is 0.331 e. The van der Waals surface area contributed by atoms with Crippen molar-refractivity contribution in [3.63, 3.8) is 0 Å². The monoisotopic (exact) mass is 219 g/mol. The second-order valence-corrected chi connectivity index (χ2v) is 3.68. The van der Waals surface area contributed by atoms with Gasteiger partial charge in [-0.1, -0.05) is 5.16 Å². The molecule has 0 saturated heterocycles. The van der Waals surface area contributed by atoms with Crippen molar-refractivity contribution in [2.45, 2.75) is 20.3 Å². The zero-order valence-electron chi connectivity index (χ0n) is 9.32. The third-order valence-corrected chi connectivity index (χ3v) is 2.42. The maximum absolute atomic E-state index is 10.6. The fraction of sp³-hybridized carbons (Fsp3) is 0.333. The fourth-order valence-corrected chi connectivity index (χ4v) is 1.60. The van der Waals surface area contributed by atoms with Gasteiger partial charge in [0.2, 0.25) is 0 Å². The van der Waals surface area contributed by atoms with Gasteiger partial charge in [0.1, 0.15) is 5.75 Å². The van der Waals surface area contributed by atoms with E-state index in [1.165, 1.54) is 12.5 Å². The average Bonchev–Trinajstić information content (AvgIpc) is 2.72. The van der Waals surface area contributed by atoms with E-state index in [4.69, 9.17) is 4.74 Å². The van der Waals surface area contributed by atoms with E-state index in [-0.39, 0.29) is 0 Å². The summed E-state index contributed by atoms with van der Waals surface area (Å²) in [6.07, 6.45) is 0.921. The third-order valence-electron chi connectivity index (χ3n) is 2.42. The zero-order chi connectivity index (χ0) is 11.5. The summed E-state index contributed by atoms with van der Waals surface area (Å²) in [6, 6.07) is 5.85. The molecule has 0 atom stereocenters. The van der Waals surface area contributed by atoms with Gasteiger partial charge in [-0.2, -0.15) is 0 Å². The molecule has 4 nitrogen and oxygen atoms in total. The summed E-state index contributed by atoms with van der Waals surface area (Å²) in [4.78, 5) is 15.2. The number of fused-ring (bicyclic) bond motifs is 1. The molecule has 84 valence electrons. The van der Waals surface area contributed by atoms with Crippen LogP contribution < -0.4 is 4.74 Å². The lowest BCUT2D eigenvalue weighted by atomic mass is 10.1. The van der Waals surface area contributed by atoms with Crippen LogP contribution in [0, 0.1) is 0 Å². The van der Waals surface area contributed by atoms with Crippen molar-refractivity contribution < 1.29 is 14.4 Å². The molecule has 0 N–H and O–H groups in total. The standard InChI is InChI=1S/C12H13NO3/c1-8(13-16-9(2)14)10-3-4-12-11(7-10)5-6-15-12/h3-4,7H,5-6H2,1-2H3. The molecule has 16 heavy (non-hydrogen) atoms. The Morgan fingerprint density at radius 3 is 3.00 bits per heavy atom. The van der Waals surface area contributed by atoms with Gasteiger partial charge in [0, 0.05) is 13.3 Å². The molecular formula is C12H13NO3. The van der Waals surface area contributed by atoms with Crippen molar-refractivity contribution in [3.8, 4) is 5.75 Å². The average molecular weight is 219 g/mol. The Balaban J connectivity index is 2.21. The molecule has 0 bridgehead atoms. The first-order chi connectivity index (χ1) is 7.66. The first kappa shape index (κ1) is 10.7. The molecule has 1 aromatic carbocycles. The molecular weight excluding hydrogens is 206 g/mol. The third kappa shape index (κ3) is 2.21. The summed E-state index contributed by atoms with van der Waals surface area (Å²) in [6.45, 7) is 3.87. The number of rotatable bonds is 2. The summed E-state index contributed by atoms with van der Waals surface area (Å²) < 4.78 is 5.41. The summed E-state index contributed by atoms with van der Waals surface area (Å²) in [5.74, 6) is 0.521. The Morgan fingerprint density at radius 2 is 2.25 bits per heavy atom. The van der Waals surface area contributed by atoms with Crippen LogP contribution in [0.1, 0.15) is 25.0 Å². The molecule has 0 radical (unpaired) electrons. The van der Waals surface area contributed by atoms with Crippen LogP contribution >= 0.6 is 0 Å². The first-order valence-electron chi connectivity index (χ1n) is 5.15. The lowest BCUT2D eigenvalue weighted by Crippen LogP contribution is -1.99. The van der Waals surface area contributed by atoms with E-state index in [1.807, 2.05) is 18.2 Å². The molecule has 2 rings (SSSR count). The van der Waals surface area contributed by atoms with Gasteiger partial charge in [0.25, 0.3) is 0 Å². The number of carbonyl (C=O) groups excluding carboxylic acids is 1. The highest BCUT2D eigenvalue weighted by Gasteiger charge is 2.12. The number of oxime groups is 1. The van der Waals surface area contributed by atoms with Crippen molar-refractivity contribution in [2.75, 3.05) is 6.61 Å². The van der Waals surface area contributed by atoms with E-state index in [2.05, 4.69) is 9.99 Å². The smallest absolute Gasteiger partial charge is 0.331 e. The summed E-state index contributed by atoms with van der Waals surface area (Å²) in [5, 5.41) is 3.75. The minimum atomic E-state index is -0.413. The van der Waals surface area contributed by atoms with E-state index in [0.717, 1.165) is 24.3 Å². The van der Waals surface area contributed by atoms with Crippen LogP contribution in [0.2, 0.25) is 0 Å². The van der Waals surface area contributed by atoms with Crippen LogP contribution in [0.5, 0.6) is 5.75 Å². The number of benzene rings is 1. The van der Waals surface area contributed by atoms with Crippen molar-refractivity contribution >= 4 is 11.7 Å². The largest absolute Gasteiger partial charge is 0.493 e. The minimum absolute atomic E-state index is 0.413. The molecule has 1 aromatic rings. The number of nitrogens with zero attached hydrogens (tertiary/aromatic N) is 1. The molecule has 0 fully saturated rings. The summed E-state index contributed by atoms with van der Waals surface area (Å²) >= 11 is 0. The summed E-state index contributed by atoms with van der Waals surface area (Å²) in [7, 11) is 0. The van der Waals surface area contributed by atoms with E-state index in [0.29, 0.717) is 5.71 Å². The van der Waals surface area contributed by atoms with Crippen LogP contribution in [0.3, 0.4) is 0 Å². The van der Waals surface area contributed by atoms with Gasteiger partial charge in [0.05, 0.1) is 12.3 Å². The van der Waals surface area contributed by atoms with Crippen molar-refractivity contribution in [3.05, 3.63) is 29.3 Å². The number of carbonyl (C=O) groups is 1. The predicted octanol–water partition coefficient (Wildman–Crippen LogP) is 1.91. The number of hydrogen-bond acceptors (Lipinski definition) is 4. The lowest BCUT2D eigenvalue weighted by Gasteiger charge is -2.03. The van der Waals surface area contributed by atoms with Crippen molar-refractivity contribution in [1.29, 1.82) is 0 Å². The van der Waals surface area contributed by atoms with Gasteiger partial charge in [-0.15, -0.1) is 0 Å². The molecule has 4 heteroatoms. The van der Waals surface area contributed by atoms with E-state index in [9.17, 15) is 4.79 Å². The summed E-state index contributed by atoms with van der Waals surface area (Å²) in [5.41, 5.74) is 2.81. The quantitative estimate of drug-likeness (QED) is 0.433. The second kappa shape index (κ2) is 4.35. The molecule has 0 amide bonds. The molecule has 0 aliphatic carbocycles.